The molecule has 0 radical (unpaired) electrons. The van der Waals surface area contributed by atoms with Crippen molar-refractivity contribution in [2.24, 2.45) is 0 Å². The monoisotopic (exact) mass is 227 g/mol. The van der Waals surface area contributed by atoms with Crippen LogP contribution in [0.3, 0.4) is 0 Å². The number of nitrogens with one attached hydrogen (secondary N) is 1. The van der Waals surface area contributed by atoms with Crippen molar-refractivity contribution in [3.63, 3.8) is 0 Å². The van der Waals surface area contributed by atoms with Gasteiger partial charge in [-0.3, -0.25) is 9.89 Å². The summed E-state index contributed by atoms with van der Waals surface area (Å²) in [5, 5.41) is 7.27. The molecule has 0 bridgehead atoms. The Morgan fingerprint density at radius 1 is 1.53 bits per heavy atom. The van der Waals surface area contributed by atoms with Gasteiger partial charge in [-0.1, -0.05) is 11.6 Å². The van der Waals surface area contributed by atoms with Crippen LogP contribution in [0.4, 0.5) is 0 Å². The second kappa shape index (κ2) is 4.33. The third-order valence-electron chi connectivity index (χ3n) is 3.00. The smallest absolute Gasteiger partial charge is 0.171 e. The second-order valence-electron chi connectivity index (χ2n) is 4.03. The number of carbonyl (C=O) groups excluding carboxylic acids is 1. The number of aromatic nitrogens is 2. The third-order valence-corrected chi connectivity index (χ3v) is 3.39. The van der Waals surface area contributed by atoms with E-state index in [1.54, 1.807) is 0 Å². The Labute approximate surface area is 93.6 Å². The van der Waals surface area contributed by atoms with Crippen LogP contribution in [0.15, 0.2) is 0 Å². The Hall–Kier alpha value is -0.870. The molecule has 2 heterocycles. The largest absolute Gasteiger partial charge is 0.306 e. The number of H-pyrrole nitrogens is 1. The van der Waals surface area contributed by atoms with E-state index in [0.29, 0.717) is 22.9 Å². The van der Waals surface area contributed by atoms with E-state index in [2.05, 4.69) is 22.1 Å². The lowest BCUT2D eigenvalue weighted by molar-refractivity contribution is 0.111. The maximum atomic E-state index is 10.6. The molecule has 1 aliphatic heterocycles. The predicted molar refractivity (Wildman–Crippen MR) is 58.5 cm³/mol. The van der Waals surface area contributed by atoms with Crippen LogP contribution in [-0.2, 0) is 0 Å². The van der Waals surface area contributed by atoms with Gasteiger partial charge < -0.3 is 4.90 Å². The summed E-state index contributed by atoms with van der Waals surface area (Å²) in [7, 11) is 2.11. The minimum Gasteiger partial charge on any atom is -0.306 e. The second-order valence-corrected chi connectivity index (χ2v) is 4.41. The first kappa shape index (κ1) is 10.6. The molecule has 0 amide bonds. The van der Waals surface area contributed by atoms with Gasteiger partial charge in [-0.15, -0.1) is 0 Å². The highest BCUT2D eigenvalue weighted by Crippen LogP contribution is 2.31. The van der Waals surface area contributed by atoms with Crippen LogP contribution in [0.5, 0.6) is 0 Å². The van der Waals surface area contributed by atoms with Crippen molar-refractivity contribution in [3.05, 3.63) is 16.4 Å². The van der Waals surface area contributed by atoms with Crippen molar-refractivity contribution < 1.29 is 4.79 Å². The molecule has 82 valence electrons. The van der Waals surface area contributed by atoms with E-state index < -0.39 is 0 Å². The number of likely N-dealkylation sites (tertiary alicyclic amines) is 1. The first-order valence-electron chi connectivity index (χ1n) is 5.10. The fraction of sp³-hybridized carbons (Fsp3) is 0.600. The Morgan fingerprint density at radius 2 is 2.20 bits per heavy atom. The van der Waals surface area contributed by atoms with Crippen LogP contribution in [-0.4, -0.2) is 41.5 Å². The quantitative estimate of drug-likeness (QED) is 0.783. The van der Waals surface area contributed by atoms with E-state index >= 15 is 0 Å². The highest BCUT2D eigenvalue weighted by molar-refractivity contribution is 6.33. The topological polar surface area (TPSA) is 49.0 Å². The van der Waals surface area contributed by atoms with E-state index in [0.717, 1.165) is 31.6 Å². The molecular formula is C10H14ClN3O. The van der Waals surface area contributed by atoms with Crippen LogP contribution in [0, 0.1) is 0 Å². The van der Waals surface area contributed by atoms with Crippen molar-refractivity contribution >= 4 is 17.9 Å². The van der Waals surface area contributed by atoms with E-state index in [-0.39, 0.29) is 0 Å². The zero-order chi connectivity index (χ0) is 10.8. The van der Waals surface area contributed by atoms with Gasteiger partial charge in [0, 0.05) is 5.92 Å². The molecule has 2 rings (SSSR count). The first-order valence-corrected chi connectivity index (χ1v) is 5.47. The number of hydrogen-bond donors (Lipinski definition) is 1. The van der Waals surface area contributed by atoms with Gasteiger partial charge >= 0.3 is 0 Å². The summed E-state index contributed by atoms with van der Waals surface area (Å²) < 4.78 is 0. The third kappa shape index (κ3) is 2.06. The van der Waals surface area contributed by atoms with Gasteiger partial charge in [-0.25, -0.2) is 0 Å². The number of nitrogens with zero attached hydrogens (tertiary/aromatic N) is 2. The van der Waals surface area contributed by atoms with E-state index in [4.69, 9.17) is 11.6 Å². The fourth-order valence-electron chi connectivity index (χ4n) is 2.00. The van der Waals surface area contributed by atoms with Gasteiger partial charge in [-0.05, 0) is 33.0 Å². The zero-order valence-corrected chi connectivity index (χ0v) is 9.42. The van der Waals surface area contributed by atoms with Gasteiger partial charge in [0.15, 0.2) is 6.29 Å². The molecule has 0 atom stereocenters. The van der Waals surface area contributed by atoms with Crippen molar-refractivity contribution in [2.75, 3.05) is 20.1 Å². The fourth-order valence-corrected chi connectivity index (χ4v) is 2.29. The van der Waals surface area contributed by atoms with Crippen LogP contribution < -0.4 is 0 Å². The summed E-state index contributed by atoms with van der Waals surface area (Å²) in [4.78, 5) is 12.9. The molecule has 1 N–H and O–H groups in total. The molecule has 1 saturated heterocycles. The van der Waals surface area contributed by atoms with Crippen LogP contribution in [0.1, 0.15) is 34.9 Å². The lowest BCUT2D eigenvalue weighted by Crippen LogP contribution is -2.29. The van der Waals surface area contributed by atoms with E-state index in [1.165, 1.54) is 0 Å². The molecule has 1 aromatic rings. The van der Waals surface area contributed by atoms with Gasteiger partial charge in [0.05, 0.1) is 10.7 Å². The number of rotatable bonds is 2. The van der Waals surface area contributed by atoms with E-state index in [9.17, 15) is 4.79 Å². The van der Waals surface area contributed by atoms with Gasteiger partial charge in [0.2, 0.25) is 0 Å². The molecule has 0 saturated carbocycles. The lowest BCUT2D eigenvalue weighted by Gasteiger charge is -2.28. The highest BCUT2D eigenvalue weighted by Gasteiger charge is 2.23. The summed E-state index contributed by atoms with van der Waals surface area (Å²) in [6, 6.07) is 0. The lowest BCUT2D eigenvalue weighted by atomic mass is 9.94. The Balaban J connectivity index is 2.15. The zero-order valence-electron chi connectivity index (χ0n) is 8.66. The number of aldehydes is 1. The molecule has 1 aliphatic rings. The number of piperidine rings is 1. The summed E-state index contributed by atoms with van der Waals surface area (Å²) >= 11 is 6.06. The SMILES string of the molecule is CN1CCC(c2[nH]nc(C=O)c2Cl)CC1. The molecule has 0 aromatic carbocycles. The van der Waals surface area contributed by atoms with Gasteiger partial charge in [0.1, 0.15) is 5.69 Å². The van der Waals surface area contributed by atoms with Crippen molar-refractivity contribution in [2.45, 2.75) is 18.8 Å². The van der Waals surface area contributed by atoms with Crippen molar-refractivity contribution in [3.8, 4) is 0 Å². The molecule has 4 nitrogen and oxygen atoms in total. The van der Waals surface area contributed by atoms with Crippen LogP contribution >= 0.6 is 11.6 Å². The molecule has 1 aromatic heterocycles. The molecule has 15 heavy (non-hydrogen) atoms. The minimum absolute atomic E-state index is 0.325. The maximum absolute atomic E-state index is 10.6. The molecule has 0 spiro atoms. The Bertz CT molecular complexity index is 356. The van der Waals surface area contributed by atoms with Gasteiger partial charge in [-0.2, -0.15) is 5.10 Å². The predicted octanol–water partition coefficient (Wildman–Crippen LogP) is 1.68. The summed E-state index contributed by atoms with van der Waals surface area (Å²) in [5.41, 5.74) is 1.25. The van der Waals surface area contributed by atoms with E-state index in [1.807, 2.05) is 0 Å². The average molecular weight is 228 g/mol. The number of hydrogen-bond acceptors (Lipinski definition) is 3. The molecule has 0 aliphatic carbocycles. The molecule has 0 unspecified atom stereocenters. The van der Waals surface area contributed by atoms with Crippen molar-refractivity contribution in [1.82, 2.24) is 15.1 Å². The molecule has 5 heteroatoms. The maximum Gasteiger partial charge on any atom is 0.171 e. The highest BCUT2D eigenvalue weighted by atomic mass is 35.5. The van der Waals surface area contributed by atoms with Crippen molar-refractivity contribution in [1.29, 1.82) is 0 Å². The molecule has 1 fully saturated rings. The number of aromatic amines is 1. The normalized spacial score (nSPS) is 19.3. The van der Waals surface area contributed by atoms with Crippen LogP contribution in [0.25, 0.3) is 0 Å². The Kier molecular flexibility index (Phi) is 3.07. The number of halogens is 1. The van der Waals surface area contributed by atoms with Crippen LogP contribution in [0.2, 0.25) is 5.02 Å². The summed E-state index contributed by atoms with van der Waals surface area (Å²) in [6.07, 6.45) is 2.82. The average Bonchev–Trinajstić information content (AvgIpc) is 2.61. The number of carbonyl (C=O) groups is 1. The first-order chi connectivity index (χ1) is 7.22. The standard InChI is InChI=1S/C10H14ClN3O/c1-14-4-2-7(3-5-14)10-9(11)8(6-15)12-13-10/h6-7H,2-5H2,1H3,(H,12,13). The summed E-state index contributed by atoms with van der Waals surface area (Å²) in [5.74, 6) is 0.412. The minimum atomic E-state index is 0.325. The summed E-state index contributed by atoms with van der Waals surface area (Å²) in [6.45, 7) is 2.13. The van der Waals surface area contributed by atoms with Gasteiger partial charge in [0.25, 0.3) is 0 Å². The molecular weight excluding hydrogens is 214 g/mol. The Morgan fingerprint density at radius 3 is 2.73 bits per heavy atom.